The van der Waals surface area contributed by atoms with Crippen molar-refractivity contribution >= 4 is 22.7 Å². The highest BCUT2D eigenvalue weighted by Crippen LogP contribution is 2.35. The average Bonchev–Trinajstić information content (AvgIpc) is 2.67. The highest BCUT2D eigenvalue weighted by Gasteiger charge is 2.15. The van der Waals surface area contributed by atoms with Gasteiger partial charge in [-0.15, -0.1) is 0 Å². The lowest BCUT2D eigenvalue weighted by Gasteiger charge is -2.17. The Balaban J connectivity index is 1.91. The van der Waals surface area contributed by atoms with Crippen molar-refractivity contribution in [3.05, 3.63) is 42.2 Å². The molecule has 5 N–H and O–H groups in total. The summed E-state index contributed by atoms with van der Waals surface area (Å²) in [5, 5.41) is 22.0. The SMILES string of the molecule is CC(C)c1cc2ncccc2cc1Oc1cnc(NC(CO)CO)nc1N. The molecule has 2 heterocycles. The number of ether oxygens (including phenoxy) is 1. The molecule has 2 aromatic heterocycles. The van der Waals surface area contributed by atoms with Crippen molar-refractivity contribution in [1.29, 1.82) is 0 Å². The van der Waals surface area contributed by atoms with Gasteiger partial charge in [-0.05, 0) is 29.7 Å². The lowest BCUT2D eigenvalue weighted by Crippen LogP contribution is -2.28. The van der Waals surface area contributed by atoms with Crippen LogP contribution in [0.25, 0.3) is 10.9 Å². The van der Waals surface area contributed by atoms with Crippen LogP contribution >= 0.6 is 0 Å². The van der Waals surface area contributed by atoms with Crippen molar-refractivity contribution in [3.8, 4) is 11.5 Å². The van der Waals surface area contributed by atoms with Crippen LogP contribution in [0.15, 0.2) is 36.7 Å². The summed E-state index contributed by atoms with van der Waals surface area (Å²) in [7, 11) is 0. The molecule has 0 aliphatic carbocycles. The van der Waals surface area contributed by atoms with Gasteiger partial charge in [0.2, 0.25) is 5.95 Å². The summed E-state index contributed by atoms with van der Waals surface area (Å²) in [5.74, 6) is 1.59. The molecule has 27 heavy (non-hydrogen) atoms. The van der Waals surface area contributed by atoms with Crippen LogP contribution in [0.3, 0.4) is 0 Å². The Morgan fingerprint density at radius 1 is 1.15 bits per heavy atom. The third-order valence-corrected chi connectivity index (χ3v) is 4.13. The molecule has 0 fully saturated rings. The molecule has 0 bridgehead atoms. The maximum atomic E-state index is 9.14. The van der Waals surface area contributed by atoms with E-state index in [0.29, 0.717) is 11.5 Å². The van der Waals surface area contributed by atoms with Crippen LogP contribution in [0.2, 0.25) is 0 Å². The first-order chi connectivity index (χ1) is 13.0. The molecule has 0 atom stereocenters. The molecule has 0 saturated carbocycles. The van der Waals surface area contributed by atoms with E-state index in [1.807, 2.05) is 24.3 Å². The molecule has 8 nitrogen and oxygen atoms in total. The molecule has 0 radical (unpaired) electrons. The number of rotatable bonds is 7. The Kier molecular flexibility index (Phi) is 5.68. The average molecular weight is 369 g/mol. The van der Waals surface area contributed by atoms with Crippen LogP contribution in [0, 0.1) is 0 Å². The van der Waals surface area contributed by atoms with Gasteiger partial charge in [0, 0.05) is 11.6 Å². The van der Waals surface area contributed by atoms with Gasteiger partial charge in [-0.2, -0.15) is 4.98 Å². The van der Waals surface area contributed by atoms with Crippen LogP contribution in [-0.4, -0.2) is 44.4 Å². The number of hydrogen-bond acceptors (Lipinski definition) is 8. The largest absolute Gasteiger partial charge is 0.452 e. The normalized spacial score (nSPS) is 11.3. The summed E-state index contributed by atoms with van der Waals surface area (Å²) in [6, 6.07) is 7.22. The van der Waals surface area contributed by atoms with Gasteiger partial charge in [0.15, 0.2) is 11.6 Å². The number of aliphatic hydroxyl groups is 2. The van der Waals surface area contributed by atoms with Crippen molar-refractivity contribution in [2.75, 3.05) is 24.3 Å². The quantitative estimate of drug-likeness (QED) is 0.500. The topological polar surface area (TPSA) is 126 Å². The standard InChI is InChI=1S/C19H23N5O3/c1-11(2)14-7-15-12(4-3-5-21-15)6-16(14)27-17-8-22-19(24-18(17)20)23-13(9-25)10-26/h3-8,11,13,25-26H,9-10H2,1-2H3,(H3,20,22,23,24). The Morgan fingerprint density at radius 3 is 2.59 bits per heavy atom. The van der Waals surface area contributed by atoms with Crippen LogP contribution in [0.5, 0.6) is 11.5 Å². The molecule has 3 rings (SSSR count). The van der Waals surface area contributed by atoms with Gasteiger partial charge >= 0.3 is 0 Å². The second-order valence-electron chi connectivity index (χ2n) is 6.49. The van der Waals surface area contributed by atoms with Crippen molar-refractivity contribution in [3.63, 3.8) is 0 Å². The van der Waals surface area contributed by atoms with Gasteiger partial charge in [0.25, 0.3) is 0 Å². The fourth-order valence-corrected chi connectivity index (χ4v) is 2.64. The number of benzene rings is 1. The van der Waals surface area contributed by atoms with E-state index in [1.54, 1.807) is 6.20 Å². The molecule has 0 spiro atoms. The molecule has 0 aliphatic heterocycles. The van der Waals surface area contributed by atoms with E-state index in [9.17, 15) is 0 Å². The van der Waals surface area contributed by atoms with Gasteiger partial charge in [0.05, 0.1) is 31.0 Å². The zero-order valence-electron chi connectivity index (χ0n) is 15.3. The van der Waals surface area contributed by atoms with Crippen LogP contribution in [0.4, 0.5) is 11.8 Å². The van der Waals surface area contributed by atoms with Gasteiger partial charge in [-0.1, -0.05) is 19.9 Å². The van der Waals surface area contributed by atoms with E-state index in [1.165, 1.54) is 6.20 Å². The van der Waals surface area contributed by atoms with Gasteiger partial charge in [-0.3, -0.25) is 4.98 Å². The minimum Gasteiger partial charge on any atom is -0.452 e. The zero-order valence-corrected chi connectivity index (χ0v) is 15.3. The zero-order chi connectivity index (χ0) is 19.4. The van der Waals surface area contributed by atoms with E-state index in [4.69, 9.17) is 20.7 Å². The highest BCUT2D eigenvalue weighted by molar-refractivity contribution is 5.81. The molecule has 0 aliphatic rings. The second-order valence-corrected chi connectivity index (χ2v) is 6.49. The van der Waals surface area contributed by atoms with Crippen molar-refractivity contribution in [2.24, 2.45) is 0 Å². The first-order valence-corrected chi connectivity index (χ1v) is 8.69. The summed E-state index contributed by atoms with van der Waals surface area (Å²) in [5.41, 5.74) is 7.92. The highest BCUT2D eigenvalue weighted by atomic mass is 16.5. The summed E-state index contributed by atoms with van der Waals surface area (Å²) in [6.07, 6.45) is 3.23. The predicted octanol–water partition coefficient (Wildman–Crippen LogP) is 2.29. The fourth-order valence-electron chi connectivity index (χ4n) is 2.64. The van der Waals surface area contributed by atoms with E-state index < -0.39 is 6.04 Å². The number of nitrogens with two attached hydrogens (primary N) is 1. The first kappa shape index (κ1) is 18.8. The molecule has 0 amide bonds. The fraction of sp³-hybridized carbons (Fsp3) is 0.316. The van der Waals surface area contributed by atoms with Gasteiger partial charge < -0.3 is 26.0 Å². The first-order valence-electron chi connectivity index (χ1n) is 8.69. The van der Waals surface area contributed by atoms with Crippen molar-refractivity contribution < 1.29 is 14.9 Å². The third-order valence-electron chi connectivity index (χ3n) is 4.13. The summed E-state index contributed by atoms with van der Waals surface area (Å²) >= 11 is 0. The minimum absolute atomic E-state index is 0.156. The molecule has 1 aromatic carbocycles. The molecule has 0 saturated heterocycles. The third kappa shape index (κ3) is 4.24. The van der Waals surface area contributed by atoms with E-state index in [-0.39, 0.29) is 30.9 Å². The maximum Gasteiger partial charge on any atom is 0.225 e. The number of nitrogen functional groups attached to an aromatic ring is 1. The lowest BCUT2D eigenvalue weighted by atomic mass is 10.00. The number of hydrogen-bond donors (Lipinski definition) is 4. The summed E-state index contributed by atoms with van der Waals surface area (Å²) < 4.78 is 6.02. The number of aromatic nitrogens is 3. The number of fused-ring (bicyclic) bond motifs is 1. The van der Waals surface area contributed by atoms with E-state index >= 15 is 0 Å². The summed E-state index contributed by atoms with van der Waals surface area (Å²) in [6.45, 7) is 3.66. The van der Waals surface area contributed by atoms with Crippen molar-refractivity contribution in [2.45, 2.75) is 25.8 Å². The molecule has 0 unspecified atom stereocenters. The number of nitrogens with one attached hydrogen (secondary N) is 1. The number of aliphatic hydroxyl groups excluding tert-OH is 2. The maximum absolute atomic E-state index is 9.14. The Bertz CT molecular complexity index is 928. The van der Waals surface area contributed by atoms with Gasteiger partial charge in [0.1, 0.15) is 5.75 Å². The predicted molar refractivity (Wildman–Crippen MR) is 104 cm³/mol. The Hall–Kier alpha value is -2.97. The Morgan fingerprint density at radius 2 is 1.93 bits per heavy atom. The second kappa shape index (κ2) is 8.15. The monoisotopic (exact) mass is 369 g/mol. The number of anilines is 2. The van der Waals surface area contributed by atoms with Crippen LogP contribution in [-0.2, 0) is 0 Å². The number of nitrogens with zero attached hydrogens (tertiary/aromatic N) is 3. The molecule has 142 valence electrons. The van der Waals surface area contributed by atoms with Gasteiger partial charge in [-0.25, -0.2) is 4.98 Å². The minimum atomic E-state index is -0.559. The van der Waals surface area contributed by atoms with Crippen molar-refractivity contribution in [1.82, 2.24) is 15.0 Å². The Labute approximate surface area is 157 Å². The molecule has 3 aromatic rings. The van der Waals surface area contributed by atoms with E-state index in [2.05, 4.69) is 34.1 Å². The smallest absolute Gasteiger partial charge is 0.225 e. The summed E-state index contributed by atoms with van der Waals surface area (Å²) in [4.78, 5) is 12.7. The molecular formula is C19H23N5O3. The molecular weight excluding hydrogens is 346 g/mol. The number of pyridine rings is 1. The lowest BCUT2D eigenvalue weighted by molar-refractivity contribution is 0.203. The van der Waals surface area contributed by atoms with E-state index in [0.717, 1.165) is 16.5 Å². The molecule has 8 heteroatoms. The van der Waals surface area contributed by atoms with Crippen LogP contribution in [0.1, 0.15) is 25.3 Å². The van der Waals surface area contributed by atoms with Crippen LogP contribution < -0.4 is 15.8 Å².